The summed E-state index contributed by atoms with van der Waals surface area (Å²) in [5, 5.41) is 16.3. The van der Waals surface area contributed by atoms with E-state index in [1.807, 2.05) is 0 Å². The lowest BCUT2D eigenvalue weighted by atomic mass is 9.87. The number of carboxylic acids is 1. The summed E-state index contributed by atoms with van der Waals surface area (Å²) in [6.07, 6.45) is 2.35. The average Bonchev–Trinajstić information content (AvgIpc) is 2.83. The van der Waals surface area contributed by atoms with E-state index in [9.17, 15) is 13.6 Å². The third-order valence-corrected chi connectivity index (χ3v) is 3.58. The van der Waals surface area contributed by atoms with Crippen molar-refractivity contribution < 1.29 is 23.1 Å². The van der Waals surface area contributed by atoms with Crippen LogP contribution in [-0.4, -0.2) is 27.2 Å². The summed E-state index contributed by atoms with van der Waals surface area (Å²) in [5.41, 5.74) is 0. The monoisotopic (exact) mass is 288 g/mol. The smallest absolute Gasteiger partial charge is 0.303 e. The molecular formula is C13H18F2N2O3. The number of aromatic nitrogens is 2. The van der Waals surface area contributed by atoms with Gasteiger partial charge in [-0.05, 0) is 25.7 Å². The molecule has 1 aliphatic rings. The van der Waals surface area contributed by atoms with E-state index < -0.39 is 11.9 Å². The van der Waals surface area contributed by atoms with Gasteiger partial charge in [-0.25, -0.2) is 8.78 Å². The quantitative estimate of drug-likeness (QED) is 0.814. The number of carboxylic acid groups (broad SMARTS) is 1. The summed E-state index contributed by atoms with van der Waals surface area (Å²) in [6, 6.07) is 0. The van der Waals surface area contributed by atoms with Crippen molar-refractivity contribution in [2.45, 2.75) is 63.2 Å². The van der Waals surface area contributed by atoms with Gasteiger partial charge in [-0.2, -0.15) is 0 Å². The van der Waals surface area contributed by atoms with Gasteiger partial charge in [0.2, 0.25) is 17.7 Å². The van der Waals surface area contributed by atoms with Crippen LogP contribution in [-0.2, 0) is 11.2 Å². The molecule has 1 aromatic rings. The van der Waals surface area contributed by atoms with Crippen LogP contribution in [0.15, 0.2) is 4.42 Å². The van der Waals surface area contributed by atoms with Crippen molar-refractivity contribution >= 4 is 5.97 Å². The zero-order valence-electron chi connectivity index (χ0n) is 11.1. The maximum absolute atomic E-state index is 13.1. The molecule has 0 aromatic carbocycles. The summed E-state index contributed by atoms with van der Waals surface area (Å²) in [7, 11) is 0. The van der Waals surface area contributed by atoms with Crippen LogP contribution in [0.4, 0.5) is 8.78 Å². The van der Waals surface area contributed by atoms with Crippen molar-refractivity contribution in [3.8, 4) is 0 Å². The molecule has 1 aliphatic carbocycles. The number of unbranched alkanes of at least 4 members (excludes halogenated alkanes) is 1. The highest BCUT2D eigenvalue weighted by atomic mass is 19.3. The second kappa shape index (κ2) is 6.28. The highest BCUT2D eigenvalue weighted by molar-refractivity contribution is 5.66. The topological polar surface area (TPSA) is 76.2 Å². The van der Waals surface area contributed by atoms with Gasteiger partial charge in [0, 0.05) is 31.6 Å². The van der Waals surface area contributed by atoms with Gasteiger partial charge in [-0.3, -0.25) is 4.79 Å². The minimum Gasteiger partial charge on any atom is -0.481 e. The Morgan fingerprint density at radius 1 is 1.30 bits per heavy atom. The third kappa shape index (κ3) is 4.25. The maximum Gasteiger partial charge on any atom is 0.303 e. The lowest BCUT2D eigenvalue weighted by Gasteiger charge is -2.25. The molecule has 1 saturated carbocycles. The first-order valence-electron chi connectivity index (χ1n) is 6.88. The normalized spacial score (nSPS) is 19.1. The number of alkyl halides is 2. The zero-order valence-corrected chi connectivity index (χ0v) is 11.1. The number of carbonyl (C=O) groups is 1. The Bertz CT molecular complexity index is 452. The lowest BCUT2D eigenvalue weighted by molar-refractivity contribution is -0.137. The van der Waals surface area contributed by atoms with Gasteiger partial charge >= 0.3 is 5.97 Å². The number of rotatable bonds is 6. The number of hydrogen-bond donors (Lipinski definition) is 1. The molecule has 0 spiro atoms. The Morgan fingerprint density at radius 2 is 2.00 bits per heavy atom. The van der Waals surface area contributed by atoms with E-state index in [-0.39, 0.29) is 25.2 Å². The number of nitrogens with zero attached hydrogens (tertiary/aromatic N) is 2. The van der Waals surface area contributed by atoms with Crippen molar-refractivity contribution in [2.75, 3.05) is 0 Å². The first-order chi connectivity index (χ1) is 9.46. The standard InChI is InChI=1S/C13H18F2N2O3/c14-13(15)7-5-9(6-8-13)12-17-16-10(20-12)3-1-2-4-11(18)19/h9H,1-8H2,(H,18,19). The lowest BCUT2D eigenvalue weighted by Crippen LogP contribution is -2.23. The molecular weight excluding hydrogens is 270 g/mol. The van der Waals surface area contributed by atoms with Crippen LogP contribution in [0.2, 0.25) is 0 Å². The Morgan fingerprint density at radius 3 is 2.65 bits per heavy atom. The predicted octanol–water partition coefficient (Wildman–Crippen LogP) is 3.16. The SMILES string of the molecule is O=C(O)CCCCc1nnc(C2CCC(F)(F)CC2)o1. The second-order valence-electron chi connectivity index (χ2n) is 5.27. The van der Waals surface area contributed by atoms with Gasteiger partial charge in [0.15, 0.2) is 0 Å². The van der Waals surface area contributed by atoms with Crippen molar-refractivity contribution in [3.63, 3.8) is 0 Å². The van der Waals surface area contributed by atoms with Gasteiger partial charge in [-0.15, -0.1) is 10.2 Å². The van der Waals surface area contributed by atoms with Crippen molar-refractivity contribution in [2.24, 2.45) is 0 Å². The molecule has 1 N–H and O–H groups in total. The van der Waals surface area contributed by atoms with E-state index in [2.05, 4.69) is 10.2 Å². The van der Waals surface area contributed by atoms with E-state index >= 15 is 0 Å². The summed E-state index contributed by atoms with van der Waals surface area (Å²) >= 11 is 0. The summed E-state index contributed by atoms with van der Waals surface area (Å²) in [6.45, 7) is 0. The van der Waals surface area contributed by atoms with E-state index in [4.69, 9.17) is 9.52 Å². The number of halogens is 2. The molecule has 1 fully saturated rings. The van der Waals surface area contributed by atoms with Gasteiger partial charge in [0.05, 0.1) is 0 Å². The van der Waals surface area contributed by atoms with Crippen LogP contribution >= 0.6 is 0 Å². The van der Waals surface area contributed by atoms with Crippen LogP contribution in [0.3, 0.4) is 0 Å². The molecule has 0 amide bonds. The fourth-order valence-corrected chi connectivity index (χ4v) is 2.37. The van der Waals surface area contributed by atoms with Crippen LogP contribution in [0.5, 0.6) is 0 Å². The maximum atomic E-state index is 13.1. The van der Waals surface area contributed by atoms with E-state index in [1.54, 1.807) is 0 Å². The molecule has 2 rings (SSSR count). The fourth-order valence-electron chi connectivity index (χ4n) is 2.37. The minimum absolute atomic E-state index is 0.0742. The zero-order chi connectivity index (χ0) is 14.6. The molecule has 1 heterocycles. The van der Waals surface area contributed by atoms with Gasteiger partial charge in [0.25, 0.3) is 0 Å². The van der Waals surface area contributed by atoms with E-state index in [0.717, 1.165) is 0 Å². The molecule has 5 nitrogen and oxygen atoms in total. The molecule has 0 saturated heterocycles. The van der Waals surface area contributed by atoms with Gasteiger partial charge < -0.3 is 9.52 Å². The van der Waals surface area contributed by atoms with E-state index in [0.29, 0.717) is 43.9 Å². The molecule has 7 heteroatoms. The summed E-state index contributed by atoms with van der Waals surface area (Å²) in [5.74, 6) is -2.55. The van der Waals surface area contributed by atoms with Crippen molar-refractivity contribution in [3.05, 3.63) is 11.8 Å². The predicted molar refractivity (Wildman–Crippen MR) is 65.6 cm³/mol. The van der Waals surface area contributed by atoms with Crippen LogP contribution < -0.4 is 0 Å². The highest BCUT2D eigenvalue weighted by Crippen LogP contribution is 2.40. The Labute approximate surface area is 115 Å². The van der Waals surface area contributed by atoms with Crippen LogP contribution in [0.25, 0.3) is 0 Å². The average molecular weight is 288 g/mol. The van der Waals surface area contributed by atoms with Gasteiger partial charge in [-0.1, -0.05) is 0 Å². The molecule has 0 radical (unpaired) electrons. The second-order valence-corrected chi connectivity index (χ2v) is 5.27. The Balaban J connectivity index is 1.79. The van der Waals surface area contributed by atoms with Crippen molar-refractivity contribution in [1.29, 1.82) is 0 Å². The van der Waals surface area contributed by atoms with Crippen LogP contribution in [0, 0.1) is 0 Å². The summed E-state index contributed by atoms with van der Waals surface area (Å²) in [4.78, 5) is 10.4. The minimum atomic E-state index is -2.56. The molecule has 0 aliphatic heterocycles. The first kappa shape index (κ1) is 14.9. The van der Waals surface area contributed by atoms with Gasteiger partial charge in [0.1, 0.15) is 0 Å². The highest BCUT2D eigenvalue weighted by Gasteiger charge is 2.37. The van der Waals surface area contributed by atoms with Crippen molar-refractivity contribution in [1.82, 2.24) is 10.2 Å². The van der Waals surface area contributed by atoms with Crippen LogP contribution in [0.1, 0.15) is 62.6 Å². The third-order valence-electron chi connectivity index (χ3n) is 3.58. The Kier molecular flexibility index (Phi) is 4.67. The molecule has 1 aromatic heterocycles. The fraction of sp³-hybridized carbons (Fsp3) is 0.769. The number of aliphatic carboxylic acids is 1. The number of aryl methyl sites for hydroxylation is 1. The molecule has 0 bridgehead atoms. The van der Waals surface area contributed by atoms with E-state index in [1.165, 1.54) is 0 Å². The Hall–Kier alpha value is -1.53. The largest absolute Gasteiger partial charge is 0.481 e. The summed E-state index contributed by atoms with van der Waals surface area (Å²) < 4.78 is 31.6. The first-order valence-corrected chi connectivity index (χ1v) is 6.88. The molecule has 20 heavy (non-hydrogen) atoms. The molecule has 0 unspecified atom stereocenters. The number of hydrogen-bond acceptors (Lipinski definition) is 4. The molecule has 112 valence electrons. The molecule has 0 atom stereocenters.